The van der Waals surface area contributed by atoms with Gasteiger partial charge in [-0.2, -0.15) is 13.2 Å². The van der Waals surface area contributed by atoms with Crippen LogP contribution in [0.4, 0.5) is 43.0 Å². The summed E-state index contributed by atoms with van der Waals surface area (Å²) in [5.74, 6) is -2.88. The van der Waals surface area contributed by atoms with Gasteiger partial charge in [0.05, 0.1) is 11.9 Å². The zero-order chi connectivity index (χ0) is 26.1. The van der Waals surface area contributed by atoms with E-state index >= 15 is 0 Å². The first-order valence-corrected chi connectivity index (χ1v) is 10.1. The van der Waals surface area contributed by atoms with Gasteiger partial charge in [0.1, 0.15) is 23.0 Å². The number of anilines is 2. The number of hydrogen-bond donors (Lipinski definition) is 3. The van der Waals surface area contributed by atoms with Gasteiger partial charge in [0, 0.05) is 17.0 Å². The van der Waals surface area contributed by atoms with Crippen molar-refractivity contribution in [2.24, 2.45) is 0 Å². The minimum atomic E-state index is -5.02. The Morgan fingerprint density at radius 2 is 1.77 bits per heavy atom. The van der Waals surface area contributed by atoms with Crippen LogP contribution in [0.3, 0.4) is 0 Å². The van der Waals surface area contributed by atoms with Gasteiger partial charge >= 0.3 is 18.3 Å². The normalized spacial score (nSPS) is 12.8. The van der Waals surface area contributed by atoms with Gasteiger partial charge in [-0.1, -0.05) is 0 Å². The monoisotopic (exact) mass is 500 g/mol. The van der Waals surface area contributed by atoms with E-state index in [0.717, 1.165) is 12.3 Å². The van der Waals surface area contributed by atoms with Crippen molar-refractivity contribution in [3.8, 4) is 0 Å². The van der Waals surface area contributed by atoms with Crippen LogP contribution in [-0.4, -0.2) is 28.9 Å². The van der Waals surface area contributed by atoms with Crippen LogP contribution in [-0.2, 0) is 4.74 Å². The third kappa shape index (κ3) is 6.37. The second kappa shape index (κ2) is 9.39. The molecule has 0 bridgehead atoms. The number of pyridine rings is 1. The summed E-state index contributed by atoms with van der Waals surface area (Å²) in [4.78, 5) is 27.9. The zero-order valence-electron chi connectivity index (χ0n) is 18.9. The number of urea groups is 1. The Morgan fingerprint density at radius 1 is 1.09 bits per heavy atom. The molecule has 0 spiro atoms. The van der Waals surface area contributed by atoms with E-state index in [-0.39, 0.29) is 22.5 Å². The molecule has 3 aromatic rings. The fraction of sp³-hybridized carbons (Fsp3) is 0.318. The molecule has 13 heteroatoms. The van der Waals surface area contributed by atoms with Gasteiger partial charge in [-0.05, 0) is 45.9 Å². The van der Waals surface area contributed by atoms with Crippen LogP contribution < -0.4 is 16.0 Å². The van der Waals surface area contributed by atoms with Crippen molar-refractivity contribution in [1.29, 1.82) is 0 Å². The summed E-state index contributed by atoms with van der Waals surface area (Å²) in [6.07, 6.45) is -4.70. The van der Waals surface area contributed by atoms with Gasteiger partial charge in [-0.25, -0.2) is 23.4 Å². The number of amides is 3. The molecular formula is C22H21F5N4O4. The molecule has 3 N–H and O–H groups in total. The van der Waals surface area contributed by atoms with Gasteiger partial charge in [0.25, 0.3) is 0 Å². The predicted octanol–water partition coefficient (Wildman–Crippen LogP) is 6.19. The maximum atomic E-state index is 14.0. The van der Waals surface area contributed by atoms with E-state index in [0.29, 0.717) is 6.07 Å². The van der Waals surface area contributed by atoms with E-state index in [9.17, 15) is 31.5 Å². The van der Waals surface area contributed by atoms with Gasteiger partial charge in [0.2, 0.25) is 0 Å². The second-order valence-electron chi connectivity index (χ2n) is 8.49. The smallest absolute Gasteiger partial charge is 0.416 e. The second-order valence-corrected chi connectivity index (χ2v) is 8.49. The Morgan fingerprint density at radius 3 is 2.34 bits per heavy atom. The number of fused-ring (bicyclic) bond motifs is 1. The first-order valence-electron chi connectivity index (χ1n) is 10.1. The van der Waals surface area contributed by atoms with Gasteiger partial charge in [-0.15, -0.1) is 0 Å². The molecule has 0 fully saturated rings. The SMILES string of the molecule is Cc1c(C(NC(=O)Nc2ccc(NC(=O)OC(C)(C)C)nc2)C(F)(F)F)oc2c(F)cc(F)cc12. The number of aryl methyl sites for hydroxylation is 1. The Balaban J connectivity index is 1.75. The van der Waals surface area contributed by atoms with Crippen molar-refractivity contribution in [2.75, 3.05) is 10.6 Å². The highest BCUT2D eigenvalue weighted by atomic mass is 19.4. The Kier molecular flexibility index (Phi) is 6.90. The molecule has 0 aliphatic heterocycles. The van der Waals surface area contributed by atoms with Crippen molar-refractivity contribution in [3.63, 3.8) is 0 Å². The highest BCUT2D eigenvalue weighted by Crippen LogP contribution is 2.39. The van der Waals surface area contributed by atoms with Gasteiger partial charge < -0.3 is 19.8 Å². The molecule has 1 aromatic carbocycles. The third-order valence-corrected chi connectivity index (χ3v) is 4.51. The molecule has 1 atom stereocenters. The molecule has 3 rings (SSSR count). The number of halogens is 5. The number of aromatic nitrogens is 1. The maximum absolute atomic E-state index is 14.0. The minimum absolute atomic E-state index is 0.00704. The number of nitrogens with one attached hydrogen (secondary N) is 3. The average molecular weight is 500 g/mol. The summed E-state index contributed by atoms with van der Waals surface area (Å²) >= 11 is 0. The van der Waals surface area contributed by atoms with Crippen molar-refractivity contribution in [2.45, 2.75) is 45.5 Å². The number of carbonyl (C=O) groups excluding carboxylic acids is 2. The molecule has 0 radical (unpaired) electrons. The quantitative estimate of drug-likeness (QED) is 0.371. The topological polar surface area (TPSA) is 105 Å². The molecule has 0 saturated heterocycles. The van der Waals surface area contributed by atoms with Crippen LogP contribution in [0.1, 0.15) is 38.1 Å². The molecule has 0 aliphatic carbocycles. The summed E-state index contributed by atoms with van der Waals surface area (Å²) in [6.45, 7) is 6.20. The predicted molar refractivity (Wildman–Crippen MR) is 116 cm³/mol. The highest BCUT2D eigenvalue weighted by Gasteiger charge is 2.45. The lowest BCUT2D eigenvalue weighted by Gasteiger charge is -2.21. The zero-order valence-corrected chi connectivity index (χ0v) is 18.9. The molecule has 0 saturated carbocycles. The van der Waals surface area contributed by atoms with Crippen molar-refractivity contribution < 1.29 is 40.7 Å². The van der Waals surface area contributed by atoms with Crippen LogP contribution >= 0.6 is 0 Å². The lowest BCUT2D eigenvalue weighted by molar-refractivity contribution is -0.158. The minimum Gasteiger partial charge on any atom is -0.455 e. The summed E-state index contributed by atoms with van der Waals surface area (Å²) in [6, 6.07) is -0.0284. The first-order chi connectivity index (χ1) is 16.1. The van der Waals surface area contributed by atoms with Crippen LogP contribution in [0, 0.1) is 18.6 Å². The van der Waals surface area contributed by atoms with E-state index in [4.69, 9.17) is 9.15 Å². The molecule has 8 nitrogen and oxygen atoms in total. The van der Waals surface area contributed by atoms with Gasteiger partial charge in [-0.3, -0.25) is 5.32 Å². The number of hydrogen-bond acceptors (Lipinski definition) is 5. The number of carbonyl (C=O) groups is 2. The first kappa shape index (κ1) is 25.7. The molecule has 188 valence electrons. The molecular weight excluding hydrogens is 479 g/mol. The summed E-state index contributed by atoms with van der Waals surface area (Å²) in [5.41, 5.74) is -1.47. The van der Waals surface area contributed by atoms with E-state index < -0.39 is 52.9 Å². The standard InChI is InChI=1S/C22H21F5N4O4/c1-10-13-7-11(23)8-14(24)17(13)34-16(10)18(22(25,26)27)31-19(32)29-12-5-6-15(28-9-12)30-20(33)35-21(2,3)4/h5-9,18H,1-4H3,(H,28,30,33)(H2,29,31,32). The molecule has 35 heavy (non-hydrogen) atoms. The van der Waals surface area contributed by atoms with Crippen molar-refractivity contribution in [3.05, 3.63) is 53.4 Å². The van der Waals surface area contributed by atoms with Crippen LogP contribution in [0.25, 0.3) is 11.0 Å². The number of rotatable bonds is 4. The van der Waals surface area contributed by atoms with Crippen LogP contribution in [0.5, 0.6) is 0 Å². The van der Waals surface area contributed by atoms with E-state index in [1.54, 1.807) is 26.1 Å². The molecule has 2 aromatic heterocycles. The van der Waals surface area contributed by atoms with E-state index in [2.05, 4.69) is 15.6 Å². The van der Waals surface area contributed by atoms with Crippen LogP contribution in [0.15, 0.2) is 34.9 Å². The highest BCUT2D eigenvalue weighted by molar-refractivity contribution is 5.90. The summed E-state index contributed by atoms with van der Waals surface area (Å²) < 4.78 is 78.9. The number of nitrogens with zero attached hydrogens (tertiary/aromatic N) is 1. The number of benzene rings is 1. The summed E-state index contributed by atoms with van der Waals surface area (Å²) in [5, 5.41) is 6.07. The Labute approximate surface area is 195 Å². The maximum Gasteiger partial charge on any atom is 0.416 e. The fourth-order valence-corrected chi connectivity index (χ4v) is 3.08. The van der Waals surface area contributed by atoms with Crippen LogP contribution in [0.2, 0.25) is 0 Å². The lowest BCUT2D eigenvalue weighted by Crippen LogP contribution is -2.40. The Bertz CT molecular complexity index is 1250. The summed E-state index contributed by atoms with van der Waals surface area (Å²) in [7, 11) is 0. The lowest BCUT2D eigenvalue weighted by atomic mass is 10.1. The van der Waals surface area contributed by atoms with Crippen molar-refractivity contribution in [1.82, 2.24) is 10.3 Å². The molecule has 0 aliphatic rings. The number of furan rings is 1. The van der Waals surface area contributed by atoms with Crippen molar-refractivity contribution >= 4 is 34.6 Å². The number of ether oxygens (including phenoxy) is 1. The Hall–Kier alpha value is -3.90. The van der Waals surface area contributed by atoms with E-state index in [1.165, 1.54) is 19.1 Å². The fourth-order valence-electron chi connectivity index (χ4n) is 3.08. The van der Waals surface area contributed by atoms with Gasteiger partial charge in [0.15, 0.2) is 17.4 Å². The molecule has 3 amide bonds. The van der Waals surface area contributed by atoms with E-state index in [1.807, 2.05) is 0 Å². The number of alkyl halides is 3. The largest absolute Gasteiger partial charge is 0.455 e. The molecule has 1 unspecified atom stereocenters. The third-order valence-electron chi connectivity index (χ3n) is 4.51. The molecule has 2 heterocycles. The average Bonchev–Trinajstić information content (AvgIpc) is 3.02.